The molecule has 1 aromatic rings. The lowest BCUT2D eigenvalue weighted by Crippen LogP contribution is -2.35. The highest BCUT2D eigenvalue weighted by Crippen LogP contribution is 2.28. The molecule has 5 nitrogen and oxygen atoms in total. The van der Waals surface area contributed by atoms with Crippen molar-refractivity contribution in [1.82, 2.24) is 4.98 Å². The Bertz CT molecular complexity index is 422. The number of nitrogens with zero attached hydrogens (tertiary/aromatic N) is 2. The molecule has 0 amide bonds. The van der Waals surface area contributed by atoms with Gasteiger partial charge >= 0.3 is 5.97 Å². The van der Waals surface area contributed by atoms with Gasteiger partial charge in [0.2, 0.25) is 0 Å². The van der Waals surface area contributed by atoms with Crippen LogP contribution in [0.1, 0.15) is 56.4 Å². The quantitative estimate of drug-likeness (QED) is 0.856. The van der Waals surface area contributed by atoms with E-state index in [2.05, 4.69) is 23.7 Å². The summed E-state index contributed by atoms with van der Waals surface area (Å²) in [5, 5.41) is 8.92. The number of hydrogen-bond acceptors (Lipinski definition) is 4. The number of anilines is 1. The summed E-state index contributed by atoms with van der Waals surface area (Å²) in [5.74, 6) is -0.428. The first-order valence-electron chi connectivity index (χ1n) is 7.03. The van der Waals surface area contributed by atoms with Crippen molar-refractivity contribution in [2.75, 3.05) is 11.4 Å². The van der Waals surface area contributed by atoms with E-state index in [0.29, 0.717) is 18.0 Å². The van der Waals surface area contributed by atoms with Crippen molar-refractivity contribution in [3.8, 4) is 0 Å². The van der Waals surface area contributed by atoms with E-state index in [1.54, 1.807) is 0 Å². The Labute approximate surface area is 113 Å². The zero-order valence-electron chi connectivity index (χ0n) is 11.6. The smallest absolute Gasteiger partial charge is 0.357 e. The molecule has 1 aliphatic carbocycles. The van der Waals surface area contributed by atoms with Crippen LogP contribution >= 0.6 is 0 Å². The predicted octanol–water partition coefficient (Wildman–Crippen LogP) is 3.17. The Morgan fingerprint density at radius 3 is 2.74 bits per heavy atom. The highest BCUT2D eigenvalue weighted by Gasteiger charge is 2.26. The molecule has 1 N–H and O–H groups in total. The fourth-order valence-electron chi connectivity index (χ4n) is 2.54. The van der Waals surface area contributed by atoms with Crippen LogP contribution < -0.4 is 4.90 Å². The van der Waals surface area contributed by atoms with Crippen molar-refractivity contribution in [3.63, 3.8) is 0 Å². The molecule has 1 aromatic heterocycles. The van der Waals surface area contributed by atoms with Gasteiger partial charge in [0, 0.05) is 12.6 Å². The van der Waals surface area contributed by atoms with Gasteiger partial charge in [0.1, 0.15) is 6.26 Å². The maximum absolute atomic E-state index is 10.9. The van der Waals surface area contributed by atoms with Crippen LogP contribution in [0.25, 0.3) is 0 Å². The summed E-state index contributed by atoms with van der Waals surface area (Å²) in [7, 11) is 0. The summed E-state index contributed by atoms with van der Waals surface area (Å²) in [6, 6.07) is 0.906. The van der Waals surface area contributed by atoms with Crippen molar-refractivity contribution in [2.24, 2.45) is 5.92 Å². The second kappa shape index (κ2) is 6.08. The molecule has 106 valence electrons. The predicted molar refractivity (Wildman–Crippen MR) is 72.5 cm³/mol. The van der Waals surface area contributed by atoms with Crippen LogP contribution in [0.4, 0.5) is 6.01 Å². The van der Waals surface area contributed by atoms with Crippen molar-refractivity contribution < 1.29 is 14.3 Å². The lowest BCUT2D eigenvalue weighted by molar-refractivity contribution is 0.0690. The molecule has 5 heteroatoms. The van der Waals surface area contributed by atoms with Gasteiger partial charge in [-0.25, -0.2) is 4.79 Å². The van der Waals surface area contributed by atoms with E-state index in [4.69, 9.17) is 9.52 Å². The van der Waals surface area contributed by atoms with Gasteiger partial charge in [0.05, 0.1) is 0 Å². The number of aromatic carboxylic acids is 1. The van der Waals surface area contributed by atoms with Gasteiger partial charge in [-0.15, -0.1) is 0 Å². The molecule has 0 aliphatic heterocycles. The van der Waals surface area contributed by atoms with Crippen LogP contribution in [0.3, 0.4) is 0 Å². The number of aromatic nitrogens is 1. The Balaban J connectivity index is 2.12. The minimum absolute atomic E-state index is 0.0115. The minimum Gasteiger partial charge on any atom is -0.476 e. The monoisotopic (exact) mass is 266 g/mol. The summed E-state index contributed by atoms with van der Waals surface area (Å²) < 4.78 is 5.37. The number of carbonyl (C=O) groups is 1. The Morgan fingerprint density at radius 1 is 1.53 bits per heavy atom. The van der Waals surface area contributed by atoms with E-state index in [1.165, 1.54) is 19.1 Å². The zero-order chi connectivity index (χ0) is 13.8. The molecular formula is C14H22N2O3. The molecule has 0 unspecified atom stereocenters. The fraction of sp³-hybridized carbons (Fsp3) is 0.714. The van der Waals surface area contributed by atoms with E-state index in [0.717, 1.165) is 25.8 Å². The molecule has 2 rings (SSSR count). The van der Waals surface area contributed by atoms with Gasteiger partial charge in [0.15, 0.2) is 5.69 Å². The molecule has 0 atom stereocenters. The first-order valence-corrected chi connectivity index (χ1v) is 7.03. The van der Waals surface area contributed by atoms with Crippen molar-refractivity contribution in [3.05, 3.63) is 12.0 Å². The number of hydrogen-bond donors (Lipinski definition) is 1. The lowest BCUT2D eigenvalue weighted by atomic mass is 10.1. The lowest BCUT2D eigenvalue weighted by Gasteiger charge is -2.27. The third-order valence-electron chi connectivity index (χ3n) is 3.67. The molecule has 0 radical (unpaired) electrons. The Hall–Kier alpha value is -1.52. The molecule has 0 bridgehead atoms. The average Bonchev–Trinajstić information content (AvgIpc) is 2.98. The van der Waals surface area contributed by atoms with Crippen molar-refractivity contribution >= 4 is 12.0 Å². The summed E-state index contributed by atoms with van der Waals surface area (Å²) in [4.78, 5) is 17.1. The highest BCUT2D eigenvalue weighted by atomic mass is 16.4. The van der Waals surface area contributed by atoms with Crippen LogP contribution in [0.15, 0.2) is 10.7 Å². The van der Waals surface area contributed by atoms with Crippen LogP contribution in [-0.4, -0.2) is 28.6 Å². The maximum Gasteiger partial charge on any atom is 0.357 e. The van der Waals surface area contributed by atoms with Crippen molar-refractivity contribution in [1.29, 1.82) is 0 Å². The molecule has 1 aliphatic rings. The van der Waals surface area contributed by atoms with Crippen LogP contribution in [0, 0.1) is 5.92 Å². The first-order chi connectivity index (χ1) is 9.08. The molecule has 0 spiro atoms. The van der Waals surface area contributed by atoms with Crippen LogP contribution in [0.5, 0.6) is 0 Å². The molecule has 19 heavy (non-hydrogen) atoms. The molecule has 1 fully saturated rings. The first kappa shape index (κ1) is 13.9. The van der Waals surface area contributed by atoms with Gasteiger partial charge in [0.25, 0.3) is 6.01 Å². The van der Waals surface area contributed by atoms with E-state index in [9.17, 15) is 4.79 Å². The third kappa shape index (κ3) is 3.49. The fourth-order valence-corrected chi connectivity index (χ4v) is 2.54. The SMILES string of the molecule is CC(C)CCN(c1nc(C(=O)O)co1)C1CCCC1. The van der Waals surface area contributed by atoms with Crippen LogP contribution in [0.2, 0.25) is 0 Å². The van der Waals surface area contributed by atoms with Gasteiger partial charge < -0.3 is 14.4 Å². The van der Waals surface area contributed by atoms with E-state index in [-0.39, 0.29) is 5.69 Å². The van der Waals surface area contributed by atoms with Gasteiger partial charge in [-0.1, -0.05) is 26.7 Å². The van der Waals surface area contributed by atoms with E-state index < -0.39 is 5.97 Å². The Morgan fingerprint density at radius 2 is 2.21 bits per heavy atom. The normalized spacial score (nSPS) is 16.2. The van der Waals surface area contributed by atoms with Crippen LogP contribution in [-0.2, 0) is 0 Å². The number of oxazole rings is 1. The molecular weight excluding hydrogens is 244 g/mol. The maximum atomic E-state index is 10.9. The summed E-state index contributed by atoms with van der Waals surface area (Å²) in [6.07, 6.45) is 7.03. The topological polar surface area (TPSA) is 66.6 Å². The second-order valence-corrected chi connectivity index (χ2v) is 5.63. The van der Waals surface area contributed by atoms with Gasteiger partial charge in [-0.05, 0) is 25.2 Å². The third-order valence-corrected chi connectivity index (χ3v) is 3.67. The van der Waals surface area contributed by atoms with Gasteiger partial charge in [-0.3, -0.25) is 0 Å². The summed E-state index contributed by atoms with van der Waals surface area (Å²) in [5.41, 5.74) is -0.0115. The molecule has 1 heterocycles. The largest absolute Gasteiger partial charge is 0.476 e. The standard InChI is InChI=1S/C14H22N2O3/c1-10(2)7-8-16(11-5-3-4-6-11)14-15-12(9-19-14)13(17)18/h9-11H,3-8H2,1-2H3,(H,17,18). The summed E-state index contributed by atoms with van der Waals surface area (Å²) in [6.45, 7) is 5.25. The Kier molecular flexibility index (Phi) is 4.45. The number of rotatable bonds is 6. The molecule has 1 saturated carbocycles. The average molecular weight is 266 g/mol. The second-order valence-electron chi connectivity index (χ2n) is 5.63. The van der Waals surface area contributed by atoms with Crippen molar-refractivity contribution in [2.45, 2.75) is 52.0 Å². The van der Waals surface area contributed by atoms with Gasteiger partial charge in [-0.2, -0.15) is 4.98 Å². The molecule has 0 saturated heterocycles. The molecule has 0 aromatic carbocycles. The highest BCUT2D eigenvalue weighted by molar-refractivity contribution is 5.85. The number of carboxylic acid groups (broad SMARTS) is 1. The summed E-state index contributed by atoms with van der Waals surface area (Å²) >= 11 is 0. The van der Waals surface area contributed by atoms with E-state index >= 15 is 0 Å². The zero-order valence-corrected chi connectivity index (χ0v) is 11.6. The number of carboxylic acids is 1. The minimum atomic E-state index is -1.04. The van der Waals surface area contributed by atoms with E-state index in [1.807, 2.05) is 0 Å².